The van der Waals surface area contributed by atoms with Crippen LogP contribution in [0.15, 0.2) is 54.9 Å². The van der Waals surface area contributed by atoms with E-state index in [1.54, 1.807) is 7.11 Å². The third-order valence-corrected chi connectivity index (χ3v) is 4.86. The molecule has 3 aromatic rings. The van der Waals surface area contributed by atoms with Gasteiger partial charge in [-0.05, 0) is 36.2 Å². The van der Waals surface area contributed by atoms with E-state index < -0.39 is 0 Å². The molecule has 4 rings (SSSR count). The molecule has 0 saturated carbocycles. The molecule has 1 saturated heterocycles. The molecule has 0 bridgehead atoms. The van der Waals surface area contributed by atoms with Crippen molar-refractivity contribution >= 4 is 5.91 Å². The van der Waals surface area contributed by atoms with E-state index in [-0.39, 0.29) is 5.91 Å². The summed E-state index contributed by atoms with van der Waals surface area (Å²) >= 11 is 0. The number of hydrogen-bond acceptors (Lipinski definition) is 4. The molecular formula is C20H20N4O2. The van der Waals surface area contributed by atoms with E-state index in [2.05, 4.69) is 27.3 Å². The van der Waals surface area contributed by atoms with Gasteiger partial charge in [-0.2, -0.15) is 5.10 Å². The molecule has 1 fully saturated rings. The highest BCUT2D eigenvalue weighted by Gasteiger charge is 2.28. The van der Waals surface area contributed by atoms with Crippen LogP contribution >= 0.6 is 0 Å². The first-order valence-corrected chi connectivity index (χ1v) is 8.63. The summed E-state index contributed by atoms with van der Waals surface area (Å²) in [5.41, 5.74) is 2.78. The molecule has 1 aliphatic heterocycles. The van der Waals surface area contributed by atoms with Gasteiger partial charge in [0.15, 0.2) is 5.82 Å². The zero-order chi connectivity index (χ0) is 17.9. The molecule has 6 nitrogen and oxygen atoms in total. The monoisotopic (exact) mass is 348 g/mol. The van der Waals surface area contributed by atoms with Gasteiger partial charge in [-0.1, -0.05) is 24.3 Å². The summed E-state index contributed by atoms with van der Waals surface area (Å²) in [6.45, 7) is 1.50. The lowest BCUT2D eigenvalue weighted by Crippen LogP contribution is -2.28. The Bertz CT molecular complexity index is 890. The summed E-state index contributed by atoms with van der Waals surface area (Å²) in [7, 11) is 1.66. The number of amides is 1. The second-order valence-corrected chi connectivity index (χ2v) is 6.42. The molecule has 26 heavy (non-hydrogen) atoms. The number of nitrogens with zero attached hydrogens (tertiary/aromatic N) is 3. The van der Waals surface area contributed by atoms with Gasteiger partial charge in [-0.15, -0.1) is 0 Å². The number of carbonyl (C=O) groups is 1. The number of methoxy groups -OCH3 is 1. The van der Waals surface area contributed by atoms with Crippen molar-refractivity contribution in [3.05, 3.63) is 66.0 Å². The number of aromatic amines is 1. The molecule has 6 heteroatoms. The highest BCUT2D eigenvalue weighted by atomic mass is 16.5. The average molecular weight is 348 g/mol. The van der Waals surface area contributed by atoms with Crippen molar-refractivity contribution in [2.24, 2.45) is 0 Å². The van der Waals surface area contributed by atoms with Crippen LogP contribution in [0.1, 0.15) is 28.3 Å². The van der Waals surface area contributed by atoms with E-state index in [1.807, 2.05) is 41.3 Å². The highest BCUT2D eigenvalue weighted by Crippen LogP contribution is 2.29. The third kappa shape index (κ3) is 3.18. The van der Waals surface area contributed by atoms with Crippen molar-refractivity contribution in [2.75, 3.05) is 20.2 Å². The van der Waals surface area contributed by atoms with Crippen LogP contribution in [0.4, 0.5) is 0 Å². The fourth-order valence-electron chi connectivity index (χ4n) is 3.42. The Labute approximate surface area is 151 Å². The van der Waals surface area contributed by atoms with E-state index >= 15 is 0 Å². The van der Waals surface area contributed by atoms with Crippen LogP contribution in [0, 0.1) is 0 Å². The fraction of sp³-hybridized carbons (Fsp3) is 0.250. The number of aromatic nitrogens is 3. The number of H-pyrrole nitrogens is 1. The summed E-state index contributed by atoms with van der Waals surface area (Å²) in [6, 6.07) is 15.6. The molecular weight excluding hydrogens is 328 g/mol. The SMILES string of the molecule is COc1ccc([C@H]2CCN(C(=O)c3cccc(-c4ncn[nH]4)c3)C2)cc1. The predicted molar refractivity (Wildman–Crippen MR) is 98.1 cm³/mol. The Morgan fingerprint density at radius 1 is 1.23 bits per heavy atom. The lowest BCUT2D eigenvalue weighted by molar-refractivity contribution is 0.0791. The molecule has 1 amide bonds. The third-order valence-electron chi connectivity index (χ3n) is 4.86. The highest BCUT2D eigenvalue weighted by molar-refractivity contribution is 5.95. The Hall–Kier alpha value is -3.15. The average Bonchev–Trinajstić information content (AvgIpc) is 3.40. The minimum Gasteiger partial charge on any atom is -0.497 e. The zero-order valence-electron chi connectivity index (χ0n) is 14.6. The Morgan fingerprint density at radius 3 is 2.81 bits per heavy atom. The molecule has 0 unspecified atom stereocenters. The number of benzene rings is 2. The van der Waals surface area contributed by atoms with Gasteiger partial charge in [-0.3, -0.25) is 9.89 Å². The van der Waals surface area contributed by atoms with Gasteiger partial charge >= 0.3 is 0 Å². The molecule has 2 heterocycles. The summed E-state index contributed by atoms with van der Waals surface area (Å²) < 4.78 is 5.21. The number of ether oxygens (including phenoxy) is 1. The first kappa shape index (κ1) is 16.3. The molecule has 0 radical (unpaired) electrons. The van der Waals surface area contributed by atoms with E-state index in [9.17, 15) is 4.79 Å². The second kappa shape index (κ2) is 7.00. The van der Waals surface area contributed by atoms with Crippen molar-refractivity contribution in [3.63, 3.8) is 0 Å². The number of carbonyl (C=O) groups excluding carboxylic acids is 1. The first-order chi connectivity index (χ1) is 12.7. The Balaban J connectivity index is 1.48. The molecule has 2 aromatic carbocycles. The summed E-state index contributed by atoms with van der Waals surface area (Å²) in [5, 5.41) is 6.70. The molecule has 1 N–H and O–H groups in total. The number of nitrogens with one attached hydrogen (secondary N) is 1. The van der Waals surface area contributed by atoms with Crippen molar-refractivity contribution in [2.45, 2.75) is 12.3 Å². The van der Waals surface area contributed by atoms with E-state index in [1.165, 1.54) is 11.9 Å². The van der Waals surface area contributed by atoms with Crippen LogP contribution in [-0.4, -0.2) is 46.2 Å². The van der Waals surface area contributed by atoms with Crippen LogP contribution in [0.25, 0.3) is 11.4 Å². The lowest BCUT2D eigenvalue weighted by atomic mass is 9.98. The van der Waals surface area contributed by atoms with Gasteiger partial charge in [0.1, 0.15) is 12.1 Å². The maximum Gasteiger partial charge on any atom is 0.253 e. The quantitative estimate of drug-likeness (QED) is 0.786. The summed E-state index contributed by atoms with van der Waals surface area (Å²) in [4.78, 5) is 19.0. The van der Waals surface area contributed by atoms with Crippen LogP contribution in [0.2, 0.25) is 0 Å². The van der Waals surface area contributed by atoms with Gasteiger partial charge in [-0.25, -0.2) is 4.98 Å². The van der Waals surface area contributed by atoms with Gasteiger partial charge < -0.3 is 9.64 Å². The number of likely N-dealkylation sites (tertiary alicyclic amines) is 1. The predicted octanol–water partition coefficient (Wildman–Crippen LogP) is 3.11. The van der Waals surface area contributed by atoms with Crippen molar-refractivity contribution in [1.82, 2.24) is 20.1 Å². The van der Waals surface area contributed by atoms with Gasteiger partial charge in [0.05, 0.1) is 7.11 Å². The molecule has 1 aliphatic rings. The van der Waals surface area contributed by atoms with Gasteiger partial charge in [0.25, 0.3) is 5.91 Å². The Kier molecular flexibility index (Phi) is 4.39. The standard InChI is InChI=1S/C20H20N4O2/c1-26-18-7-5-14(6-8-18)17-9-10-24(12-17)20(25)16-4-2-3-15(11-16)19-21-13-22-23-19/h2-8,11,13,17H,9-10,12H2,1H3,(H,21,22,23)/t17-/m0/s1. The number of rotatable bonds is 4. The minimum atomic E-state index is 0.0578. The zero-order valence-corrected chi connectivity index (χ0v) is 14.6. The van der Waals surface area contributed by atoms with Crippen LogP contribution in [0.5, 0.6) is 5.75 Å². The largest absolute Gasteiger partial charge is 0.497 e. The first-order valence-electron chi connectivity index (χ1n) is 8.63. The van der Waals surface area contributed by atoms with E-state index in [4.69, 9.17) is 4.74 Å². The molecule has 0 spiro atoms. The summed E-state index contributed by atoms with van der Waals surface area (Å²) in [6.07, 6.45) is 2.43. The maximum atomic E-state index is 12.9. The van der Waals surface area contributed by atoms with Crippen molar-refractivity contribution in [1.29, 1.82) is 0 Å². The maximum absolute atomic E-state index is 12.9. The second-order valence-electron chi connectivity index (χ2n) is 6.42. The topological polar surface area (TPSA) is 71.1 Å². The van der Waals surface area contributed by atoms with Gasteiger partial charge in [0.2, 0.25) is 0 Å². The summed E-state index contributed by atoms with van der Waals surface area (Å²) in [5.74, 6) is 1.94. The van der Waals surface area contributed by atoms with Crippen molar-refractivity contribution < 1.29 is 9.53 Å². The smallest absolute Gasteiger partial charge is 0.253 e. The Morgan fingerprint density at radius 2 is 2.08 bits per heavy atom. The molecule has 1 aromatic heterocycles. The molecule has 132 valence electrons. The van der Waals surface area contributed by atoms with Crippen LogP contribution in [-0.2, 0) is 0 Å². The lowest BCUT2D eigenvalue weighted by Gasteiger charge is -2.17. The minimum absolute atomic E-state index is 0.0578. The van der Waals surface area contributed by atoms with Crippen LogP contribution < -0.4 is 4.74 Å². The van der Waals surface area contributed by atoms with E-state index in [0.29, 0.717) is 17.3 Å². The fourth-order valence-corrected chi connectivity index (χ4v) is 3.42. The van der Waals surface area contributed by atoms with Gasteiger partial charge in [0, 0.05) is 30.1 Å². The van der Waals surface area contributed by atoms with Crippen LogP contribution in [0.3, 0.4) is 0 Å². The molecule has 1 atom stereocenters. The van der Waals surface area contributed by atoms with Crippen molar-refractivity contribution in [3.8, 4) is 17.1 Å². The van der Waals surface area contributed by atoms with E-state index in [0.717, 1.165) is 30.8 Å². The molecule has 0 aliphatic carbocycles. The number of hydrogen-bond donors (Lipinski definition) is 1. The normalized spacial score (nSPS) is 16.7.